The van der Waals surface area contributed by atoms with E-state index in [4.69, 9.17) is 4.74 Å². The van der Waals surface area contributed by atoms with Gasteiger partial charge in [0.25, 0.3) is 0 Å². The summed E-state index contributed by atoms with van der Waals surface area (Å²) in [5, 5.41) is 0.420. The van der Waals surface area contributed by atoms with E-state index in [-0.39, 0.29) is 17.5 Å². The highest BCUT2D eigenvalue weighted by molar-refractivity contribution is 5.94. The third kappa shape index (κ3) is 2.96. The lowest BCUT2D eigenvalue weighted by atomic mass is 10.1. The molecule has 0 spiro atoms. The van der Waals surface area contributed by atoms with E-state index in [0.717, 1.165) is 0 Å². The molecule has 0 bridgehead atoms. The second-order valence-corrected chi connectivity index (χ2v) is 6.01. The van der Waals surface area contributed by atoms with E-state index in [0.29, 0.717) is 9.95 Å². The fourth-order valence-electron chi connectivity index (χ4n) is 2.46. The van der Waals surface area contributed by atoms with Crippen LogP contribution in [0.3, 0.4) is 0 Å². The van der Waals surface area contributed by atoms with Crippen molar-refractivity contribution in [1.29, 1.82) is 0 Å². The molecule has 2 rings (SSSR count). The zero-order valence-corrected chi connectivity index (χ0v) is 12.9. The van der Waals surface area contributed by atoms with Gasteiger partial charge in [-0.05, 0) is 38.8 Å². The molecule has 2 aromatic rings. The lowest BCUT2D eigenvalue weighted by molar-refractivity contribution is -0.143. The van der Waals surface area contributed by atoms with Crippen molar-refractivity contribution in [2.24, 2.45) is 0 Å². The molecule has 0 N–H and O–H groups in total. The molecule has 0 aliphatic rings. The van der Waals surface area contributed by atoms with Gasteiger partial charge in [-0.2, -0.15) is 13.2 Å². The Bertz CT molecular complexity index is 708. The lowest BCUT2D eigenvalue weighted by Gasteiger charge is -2.21. The first-order chi connectivity index (χ1) is 10.1. The Kier molecular flexibility index (Phi) is 3.98. The van der Waals surface area contributed by atoms with E-state index in [1.54, 1.807) is 45.9 Å². The van der Waals surface area contributed by atoms with Gasteiger partial charge in [0.2, 0.25) is 0 Å². The normalized spacial score (nSPS) is 12.7. The van der Waals surface area contributed by atoms with E-state index >= 15 is 0 Å². The van der Waals surface area contributed by atoms with Crippen LogP contribution in [0.25, 0.3) is 10.9 Å². The summed E-state index contributed by atoms with van der Waals surface area (Å²) in [6.45, 7) is 6.48. The predicted molar refractivity (Wildman–Crippen MR) is 78.0 cm³/mol. The van der Waals surface area contributed by atoms with Crippen LogP contribution in [0, 0.1) is 0 Å². The molecule has 0 fully saturated rings. The number of fused-ring (bicyclic) bond motifs is 1. The monoisotopic (exact) mass is 313 g/mol. The van der Waals surface area contributed by atoms with Crippen molar-refractivity contribution in [2.75, 3.05) is 0 Å². The summed E-state index contributed by atoms with van der Waals surface area (Å²) in [7, 11) is 0. The van der Waals surface area contributed by atoms with Crippen LogP contribution in [0.4, 0.5) is 18.0 Å². The molecule has 0 atom stereocenters. The number of ether oxygens (including phenoxy) is 1. The van der Waals surface area contributed by atoms with E-state index in [2.05, 4.69) is 0 Å². The number of hydrogen-bond acceptors (Lipinski definition) is 2. The van der Waals surface area contributed by atoms with Gasteiger partial charge in [-0.25, -0.2) is 9.36 Å². The largest absolute Gasteiger partial charge is 0.443 e. The molecule has 0 radical (unpaired) electrons. The zero-order chi connectivity index (χ0) is 16.7. The number of para-hydroxylation sites is 1. The SMILES string of the molecule is CCc1c(C(F)(F)F)n(C(=O)OC(C)(C)C)c2ccccc12. The van der Waals surface area contributed by atoms with Crippen LogP contribution in [0.15, 0.2) is 24.3 Å². The maximum atomic E-state index is 13.5. The van der Waals surface area contributed by atoms with Gasteiger partial charge < -0.3 is 4.74 Å². The first-order valence-corrected chi connectivity index (χ1v) is 6.99. The Labute approximate surface area is 126 Å². The molecule has 0 unspecified atom stereocenters. The summed E-state index contributed by atoms with van der Waals surface area (Å²) in [6, 6.07) is 6.34. The van der Waals surface area contributed by atoms with Crippen LogP contribution in [0.5, 0.6) is 0 Å². The number of carbonyl (C=O) groups excluding carboxylic acids is 1. The summed E-state index contributed by atoms with van der Waals surface area (Å²) in [6.07, 6.45) is -5.48. The van der Waals surface area contributed by atoms with Gasteiger partial charge >= 0.3 is 12.3 Å². The number of benzene rings is 1. The molecule has 0 saturated carbocycles. The van der Waals surface area contributed by atoms with Gasteiger partial charge in [-0.15, -0.1) is 0 Å². The maximum absolute atomic E-state index is 13.5. The van der Waals surface area contributed by atoms with Gasteiger partial charge in [-0.3, -0.25) is 0 Å². The van der Waals surface area contributed by atoms with Crippen molar-refractivity contribution in [2.45, 2.75) is 45.9 Å². The van der Waals surface area contributed by atoms with Gasteiger partial charge in [0, 0.05) is 5.39 Å². The van der Waals surface area contributed by atoms with Crippen LogP contribution >= 0.6 is 0 Å². The third-order valence-electron chi connectivity index (χ3n) is 3.18. The molecule has 0 saturated heterocycles. The quantitative estimate of drug-likeness (QED) is 0.741. The number of halogens is 3. The number of aromatic nitrogens is 1. The van der Waals surface area contributed by atoms with Crippen molar-refractivity contribution in [1.82, 2.24) is 4.57 Å². The second-order valence-electron chi connectivity index (χ2n) is 6.01. The molecule has 3 nitrogen and oxygen atoms in total. The molecule has 1 aromatic heterocycles. The Morgan fingerprint density at radius 3 is 2.27 bits per heavy atom. The number of nitrogens with zero attached hydrogens (tertiary/aromatic N) is 1. The number of alkyl halides is 3. The van der Waals surface area contributed by atoms with Crippen LogP contribution in [0.2, 0.25) is 0 Å². The predicted octanol–water partition coefficient (Wildman–Crippen LogP) is 5.01. The summed E-state index contributed by atoms with van der Waals surface area (Å²) >= 11 is 0. The van der Waals surface area contributed by atoms with Gasteiger partial charge in [0.05, 0.1) is 5.52 Å². The standard InChI is InChI=1S/C16H18F3NO2/c1-5-10-11-8-6-7-9-12(11)20(13(10)16(17,18)19)14(21)22-15(2,3)4/h6-9H,5H2,1-4H3. The van der Waals surface area contributed by atoms with Crippen molar-refractivity contribution >= 4 is 17.0 Å². The number of carbonyl (C=O) groups is 1. The van der Waals surface area contributed by atoms with Crippen LogP contribution in [0.1, 0.15) is 39.0 Å². The molecule has 6 heteroatoms. The van der Waals surface area contributed by atoms with Crippen molar-refractivity contribution in [3.8, 4) is 0 Å². The van der Waals surface area contributed by atoms with Crippen LogP contribution < -0.4 is 0 Å². The van der Waals surface area contributed by atoms with Crippen molar-refractivity contribution < 1.29 is 22.7 Å². The number of hydrogen-bond donors (Lipinski definition) is 0. The second kappa shape index (κ2) is 5.34. The minimum Gasteiger partial charge on any atom is -0.443 e. The van der Waals surface area contributed by atoms with E-state index < -0.39 is 23.6 Å². The van der Waals surface area contributed by atoms with E-state index in [1.165, 1.54) is 6.07 Å². The average Bonchev–Trinajstić information content (AvgIpc) is 2.70. The topological polar surface area (TPSA) is 31.2 Å². The molecule has 1 heterocycles. The van der Waals surface area contributed by atoms with Gasteiger partial charge in [0.15, 0.2) is 0 Å². The Morgan fingerprint density at radius 2 is 1.77 bits per heavy atom. The van der Waals surface area contributed by atoms with Crippen LogP contribution in [-0.4, -0.2) is 16.3 Å². The Balaban J connectivity index is 2.78. The molecule has 120 valence electrons. The van der Waals surface area contributed by atoms with Crippen molar-refractivity contribution in [3.05, 3.63) is 35.5 Å². The Morgan fingerprint density at radius 1 is 1.18 bits per heavy atom. The first kappa shape index (κ1) is 16.4. The zero-order valence-electron chi connectivity index (χ0n) is 12.9. The van der Waals surface area contributed by atoms with Gasteiger partial charge in [-0.1, -0.05) is 25.1 Å². The Hall–Kier alpha value is -1.98. The first-order valence-electron chi connectivity index (χ1n) is 6.99. The minimum atomic E-state index is -4.64. The van der Waals surface area contributed by atoms with Crippen LogP contribution in [-0.2, 0) is 17.3 Å². The highest BCUT2D eigenvalue weighted by atomic mass is 19.4. The average molecular weight is 313 g/mol. The maximum Gasteiger partial charge on any atom is 0.432 e. The smallest absolute Gasteiger partial charge is 0.432 e. The summed E-state index contributed by atoms with van der Waals surface area (Å²) in [4.78, 5) is 12.3. The molecule has 0 aliphatic heterocycles. The molecular weight excluding hydrogens is 295 g/mol. The molecule has 0 amide bonds. The fourth-order valence-corrected chi connectivity index (χ4v) is 2.46. The minimum absolute atomic E-state index is 0.106. The highest BCUT2D eigenvalue weighted by Gasteiger charge is 2.41. The number of rotatable bonds is 1. The molecule has 1 aromatic carbocycles. The lowest BCUT2D eigenvalue weighted by Crippen LogP contribution is -2.30. The van der Waals surface area contributed by atoms with E-state index in [1.807, 2.05) is 0 Å². The molecular formula is C16H18F3NO2. The van der Waals surface area contributed by atoms with E-state index in [9.17, 15) is 18.0 Å². The molecule has 0 aliphatic carbocycles. The van der Waals surface area contributed by atoms with Gasteiger partial charge in [0.1, 0.15) is 11.3 Å². The summed E-state index contributed by atoms with van der Waals surface area (Å²) < 4.78 is 46.3. The highest BCUT2D eigenvalue weighted by Crippen LogP contribution is 2.38. The molecule has 22 heavy (non-hydrogen) atoms. The number of aryl methyl sites for hydroxylation is 1. The fraction of sp³-hybridized carbons (Fsp3) is 0.438. The van der Waals surface area contributed by atoms with Crippen molar-refractivity contribution in [3.63, 3.8) is 0 Å². The summed E-state index contributed by atoms with van der Waals surface area (Å²) in [5.41, 5.74) is -1.52. The third-order valence-corrected chi connectivity index (χ3v) is 3.18. The summed E-state index contributed by atoms with van der Waals surface area (Å²) in [5.74, 6) is 0.